The fourth-order valence-electron chi connectivity index (χ4n) is 4.41. The molecule has 2 aliphatic rings. The first-order valence-electron chi connectivity index (χ1n) is 9.67. The van der Waals surface area contributed by atoms with E-state index in [0.29, 0.717) is 15.1 Å². The summed E-state index contributed by atoms with van der Waals surface area (Å²) in [7, 11) is 1.61. The summed E-state index contributed by atoms with van der Waals surface area (Å²) in [5.41, 5.74) is 0.535. The predicted octanol–water partition coefficient (Wildman–Crippen LogP) is 2.28. The number of Topliss-reactive ketones (excluding diaryl/α,β-unsaturated/α-hetero) is 1. The largest absolute Gasteiger partial charge is 0.497 e. The van der Waals surface area contributed by atoms with E-state index >= 15 is 0 Å². The molecule has 0 saturated carbocycles. The van der Waals surface area contributed by atoms with Gasteiger partial charge in [-0.3, -0.25) is 14.2 Å². The molecule has 30 heavy (non-hydrogen) atoms. The van der Waals surface area contributed by atoms with Crippen LogP contribution in [0.5, 0.6) is 11.5 Å². The van der Waals surface area contributed by atoms with Crippen LogP contribution in [0.25, 0.3) is 6.08 Å². The van der Waals surface area contributed by atoms with Crippen molar-refractivity contribution in [2.45, 2.75) is 25.6 Å². The fraction of sp³-hybridized carbons (Fsp3) is 0.261. The van der Waals surface area contributed by atoms with Crippen LogP contribution in [0, 0.1) is 5.92 Å². The normalized spacial score (nSPS) is 24.3. The lowest BCUT2D eigenvalue weighted by molar-refractivity contribution is -0.132. The minimum atomic E-state index is -1.04. The van der Waals surface area contributed by atoms with Crippen molar-refractivity contribution in [3.05, 3.63) is 79.3 Å². The Balaban J connectivity index is 1.76. The number of nitrogens with zero attached hydrogens (tertiary/aromatic N) is 2. The average molecular weight is 420 g/mol. The zero-order valence-corrected chi connectivity index (χ0v) is 17.6. The Morgan fingerprint density at radius 3 is 2.67 bits per heavy atom. The molecule has 0 radical (unpaired) electrons. The van der Waals surface area contributed by atoms with Crippen LogP contribution in [-0.2, 0) is 4.79 Å². The van der Waals surface area contributed by atoms with Crippen LogP contribution in [0.3, 0.4) is 0 Å². The molecule has 3 atom stereocenters. The second kappa shape index (κ2) is 6.67. The zero-order chi connectivity index (χ0) is 21.0. The Kier molecular flexibility index (Phi) is 4.18. The maximum absolute atomic E-state index is 13.4. The lowest BCUT2D eigenvalue weighted by atomic mass is 9.79. The molecule has 2 aromatic carbocycles. The van der Waals surface area contributed by atoms with Crippen LogP contribution in [0.15, 0.2) is 58.3 Å². The van der Waals surface area contributed by atoms with Crippen molar-refractivity contribution in [2.75, 3.05) is 7.11 Å². The maximum atomic E-state index is 13.4. The van der Waals surface area contributed by atoms with E-state index in [1.54, 1.807) is 11.7 Å². The third-order valence-electron chi connectivity index (χ3n) is 5.73. The quantitative estimate of drug-likeness (QED) is 0.652. The Morgan fingerprint density at radius 2 is 1.97 bits per heavy atom. The number of carbonyl (C=O) groups excluding carboxylic acids is 1. The SMILES string of the molecule is COc1ccc(/C=c2/sc3n(c2=O)[C@H]2c4ccccc4O[C@](C)(N=3)[C@@H]2C(C)=O)cc1. The molecule has 3 heterocycles. The van der Waals surface area contributed by atoms with Gasteiger partial charge in [0, 0.05) is 5.56 Å². The van der Waals surface area contributed by atoms with E-state index in [0.717, 1.165) is 16.9 Å². The van der Waals surface area contributed by atoms with Crippen molar-refractivity contribution < 1.29 is 14.3 Å². The highest BCUT2D eigenvalue weighted by Gasteiger charge is 2.53. The smallest absolute Gasteiger partial charge is 0.270 e. The summed E-state index contributed by atoms with van der Waals surface area (Å²) in [5.74, 6) is 0.797. The third-order valence-corrected chi connectivity index (χ3v) is 6.71. The number of methoxy groups -OCH3 is 1. The van der Waals surface area contributed by atoms with E-state index in [9.17, 15) is 9.59 Å². The first kappa shape index (κ1) is 18.8. The van der Waals surface area contributed by atoms with Gasteiger partial charge in [0.25, 0.3) is 5.56 Å². The van der Waals surface area contributed by atoms with E-state index in [-0.39, 0.29) is 11.3 Å². The highest BCUT2D eigenvalue weighted by Crippen LogP contribution is 2.47. The van der Waals surface area contributed by atoms with Gasteiger partial charge in [-0.15, -0.1) is 0 Å². The summed E-state index contributed by atoms with van der Waals surface area (Å²) in [6.07, 6.45) is 1.84. The molecule has 0 unspecified atom stereocenters. The monoisotopic (exact) mass is 420 g/mol. The van der Waals surface area contributed by atoms with Crippen molar-refractivity contribution in [1.82, 2.24) is 4.57 Å². The number of para-hydroxylation sites is 1. The van der Waals surface area contributed by atoms with Gasteiger partial charge in [-0.2, -0.15) is 0 Å². The fourth-order valence-corrected chi connectivity index (χ4v) is 5.51. The second-order valence-electron chi connectivity index (χ2n) is 7.68. The van der Waals surface area contributed by atoms with Gasteiger partial charge in [0.2, 0.25) is 5.72 Å². The molecule has 2 bridgehead atoms. The Hall–Kier alpha value is -3.19. The molecule has 5 rings (SSSR count). The highest BCUT2D eigenvalue weighted by molar-refractivity contribution is 7.07. The minimum absolute atomic E-state index is 0.0508. The first-order chi connectivity index (χ1) is 14.4. The molecule has 0 fully saturated rings. The van der Waals surface area contributed by atoms with Crippen LogP contribution in [0.2, 0.25) is 0 Å². The molecule has 0 saturated heterocycles. The van der Waals surface area contributed by atoms with E-state index in [1.807, 2.05) is 61.5 Å². The number of aromatic nitrogens is 1. The minimum Gasteiger partial charge on any atom is -0.497 e. The van der Waals surface area contributed by atoms with Gasteiger partial charge in [-0.05, 0) is 43.7 Å². The molecule has 2 aliphatic heterocycles. The first-order valence-corrected chi connectivity index (χ1v) is 10.5. The van der Waals surface area contributed by atoms with E-state index < -0.39 is 17.7 Å². The van der Waals surface area contributed by atoms with Crippen molar-refractivity contribution in [1.29, 1.82) is 0 Å². The Morgan fingerprint density at radius 1 is 1.23 bits per heavy atom. The predicted molar refractivity (Wildman–Crippen MR) is 114 cm³/mol. The molecule has 1 aromatic heterocycles. The third kappa shape index (κ3) is 2.73. The van der Waals surface area contributed by atoms with E-state index in [2.05, 4.69) is 0 Å². The molecule has 0 aliphatic carbocycles. The summed E-state index contributed by atoms with van der Waals surface area (Å²) < 4.78 is 13.6. The number of benzene rings is 2. The number of rotatable bonds is 3. The topological polar surface area (TPSA) is 69.9 Å². The van der Waals surface area contributed by atoms with E-state index in [4.69, 9.17) is 14.5 Å². The lowest BCUT2D eigenvalue weighted by Crippen LogP contribution is -2.58. The van der Waals surface area contributed by atoms with E-state index in [1.165, 1.54) is 18.3 Å². The standard InChI is InChI=1S/C23H20N2O4S/c1-13(26)19-20-16-6-4-5-7-17(16)29-23(19,2)24-22-25(20)21(27)18(30-22)12-14-8-10-15(28-3)11-9-14/h4-12,19-20H,1-3H3/b18-12+/t19-,20+,23+/m1/s1. The number of ether oxygens (including phenoxy) is 2. The maximum Gasteiger partial charge on any atom is 0.270 e. The van der Waals surface area contributed by atoms with Crippen LogP contribution in [-0.4, -0.2) is 23.2 Å². The number of hydrogen-bond donors (Lipinski definition) is 0. The van der Waals surface area contributed by atoms with Crippen molar-refractivity contribution >= 4 is 23.2 Å². The van der Waals surface area contributed by atoms with Gasteiger partial charge in [-0.25, -0.2) is 4.99 Å². The van der Waals surface area contributed by atoms with Crippen LogP contribution in [0.4, 0.5) is 0 Å². The Labute approximate surface area is 176 Å². The summed E-state index contributed by atoms with van der Waals surface area (Å²) in [6.45, 7) is 3.36. The van der Waals surface area contributed by atoms with Crippen LogP contribution in [0.1, 0.15) is 31.0 Å². The molecular formula is C23H20N2O4S. The summed E-state index contributed by atoms with van der Waals surface area (Å²) in [6, 6.07) is 14.6. The van der Waals surface area contributed by atoms with Gasteiger partial charge in [-0.1, -0.05) is 41.7 Å². The highest BCUT2D eigenvalue weighted by atomic mass is 32.1. The molecule has 0 spiro atoms. The average Bonchev–Trinajstić information content (AvgIpc) is 3.01. The number of fused-ring (bicyclic) bond motifs is 6. The number of thiazole rings is 1. The molecule has 7 heteroatoms. The summed E-state index contributed by atoms with van der Waals surface area (Å²) >= 11 is 1.32. The van der Waals surface area contributed by atoms with Gasteiger partial charge in [0.15, 0.2) is 4.80 Å². The number of ketones is 1. The van der Waals surface area contributed by atoms with Crippen LogP contribution < -0.4 is 24.4 Å². The van der Waals surface area contributed by atoms with Crippen molar-refractivity contribution in [3.8, 4) is 11.5 Å². The molecule has 6 nitrogen and oxygen atoms in total. The van der Waals surface area contributed by atoms with Gasteiger partial charge < -0.3 is 9.47 Å². The second-order valence-corrected chi connectivity index (χ2v) is 8.69. The zero-order valence-electron chi connectivity index (χ0n) is 16.8. The number of carbonyl (C=O) groups is 1. The van der Waals surface area contributed by atoms with Gasteiger partial charge in [0.05, 0.1) is 17.7 Å². The summed E-state index contributed by atoms with van der Waals surface area (Å²) in [4.78, 5) is 31.4. The lowest BCUT2D eigenvalue weighted by Gasteiger charge is -2.45. The molecular weight excluding hydrogens is 400 g/mol. The molecule has 152 valence electrons. The van der Waals surface area contributed by atoms with Gasteiger partial charge in [0.1, 0.15) is 23.2 Å². The number of hydrogen-bond acceptors (Lipinski definition) is 6. The molecule has 0 amide bonds. The van der Waals surface area contributed by atoms with Crippen molar-refractivity contribution in [3.63, 3.8) is 0 Å². The molecule has 3 aromatic rings. The Bertz CT molecular complexity index is 1340. The molecule has 0 N–H and O–H groups in total. The van der Waals surface area contributed by atoms with Gasteiger partial charge >= 0.3 is 0 Å². The van der Waals surface area contributed by atoms with Crippen molar-refractivity contribution in [2.24, 2.45) is 10.9 Å². The van der Waals surface area contributed by atoms with Crippen LogP contribution >= 0.6 is 11.3 Å². The summed E-state index contributed by atoms with van der Waals surface area (Å²) in [5, 5.41) is 0.